The van der Waals surface area contributed by atoms with E-state index in [4.69, 9.17) is 4.74 Å². The molecular weight excluding hydrogens is 384 g/mol. The van der Waals surface area contributed by atoms with Crippen LogP contribution in [-0.4, -0.2) is 41.9 Å². The molecule has 30 heavy (non-hydrogen) atoms. The largest absolute Gasteiger partial charge is 0.479 e. The molecule has 0 spiro atoms. The Morgan fingerprint density at radius 2 is 1.90 bits per heavy atom. The molecule has 0 radical (unpaired) electrons. The molecule has 156 valence electrons. The van der Waals surface area contributed by atoms with Gasteiger partial charge in [0.15, 0.2) is 6.10 Å². The zero-order chi connectivity index (χ0) is 21.1. The zero-order valence-corrected chi connectivity index (χ0v) is 16.7. The van der Waals surface area contributed by atoms with Crippen LogP contribution in [-0.2, 0) is 9.59 Å². The standard InChI is InChI=1S/C22H24N4O4/c1-14-20(27)25-18-12-17(9-10-19(18)30-14)23-21(28)15-6-5-11-26(13-15)22(29)24-16-7-3-2-4-8-16/h2-4,7-10,12,14-15H,5-6,11,13H2,1H3,(H,23,28)(H,24,29)(H,25,27)/t14-,15+/m0/s1. The van der Waals surface area contributed by atoms with Crippen LogP contribution in [0.2, 0.25) is 0 Å². The second-order valence-corrected chi connectivity index (χ2v) is 7.53. The van der Waals surface area contributed by atoms with Gasteiger partial charge < -0.3 is 25.6 Å². The highest BCUT2D eigenvalue weighted by atomic mass is 16.5. The number of hydrogen-bond donors (Lipinski definition) is 3. The molecule has 0 saturated carbocycles. The van der Waals surface area contributed by atoms with E-state index < -0.39 is 6.10 Å². The highest BCUT2D eigenvalue weighted by Crippen LogP contribution is 2.32. The molecule has 3 N–H and O–H groups in total. The van der Waals surface area contributed by atoms with Crippen molar-refractivity contribution in [3.63, 3.8) is 0 Å². The first-order chi connectivity index (χ1) is 14.5. The molecule has 0 aliphatic carbocycles. The number of urea groups is 1. The Hall–Kier alpha value is -3.55. The number of nitrogens with one attached hydrogen (secondary N) is 3. The van der Waals surface area contributed by atoms with Crippen molar-refractivity contribution in [2.45, 2.75) is 25.9 Å². The van der Waals surface area contributed by atoms with E-state index in [2.05, 4.69) is 16.0 Å². The van der Waals surface area contributed by atoms with Crippen molar-refractivity contribution >= 4 is 34.9 Å². The molecule has 0 aromatic heterocycles. The first kappa shape index (κ1) is 19.8. The lowest BCUT2D eigenvalue weighted by atomic mass is 9.97. The third kappa shape index (κ3) is 4.37. The van der Waals surface area contributed by atoms with Gasteiger partial charge in [-0.05, 0) is 50.1 Å². The van der Waals surface area contributed by atoms with E-state index in [9.17, 15) is 14.4 Å². The summed E-state index contributed by atoms with van der Waals surface area (Å²) in [4.78, 5) is 38.8. The van der Waals surface area contributed by atoms with Gasteiger partial charge in [0.2, 0.25) is 5.91 Å². The third-order valence-corrected chi connectivity index (χ3v) is 5.28. The molecule has 1 fully saturated rings. The smallest absolute Gasteiger partial charge is 0.321 e. The van der Waals surface area contributed by atoms with E-state index in [-0.39, 0.29) is 23.8 Å². The summed E-state index contributed by atoms with van der Waals surface area (Å²) < 4.78 is 5.53. The lowest BCUT2D eigenvalue weighted by Crippen LogP contribution is -2.45. The molecule has 2 aromatic carbocycles. The number of carbonyl (C=O) groups excluding carboxylic acids is 3. The lowest BCUT2D eigenvalue weighted by molar-refractivity contribution is -0.123. The molecule has 8 heteroatoms. The molecule has 4 rings (SSSR count). The Labute approximate surface area is 174 Å². The molecule has 8 nitrogen and oxygen atoms in total. The molecular formula is C22H24N4O4. The van der Waals surface area contributed by atoms with Gasteiger partial charge in [-0.1, -0.05) is 18.2 Å². The van der Waals surface area contributed by atoms with E-state index in [0.717, 1.165) is 12.1 Å². The fourth-order valence-corrected chi connectivity index (χ4v) is 3.63. The Morgan fingerprint density at radius 1 is 1.10 bits per heavy atom. The van der Waals surface area contributed by atoms with Gasteiger partial charge in [-0.3, -0.25) is 9.59 Å². The average Bonchev–Trinajstić information content (AvgIpc) is 2.75. The van der Waals surface area contributed by atoms with Crippen LogP contribution in [0.15, 0.2) is 48.5 Å². The maximum absolute atomic E-state index is 12.8. The lowest BCUT2D eigenvalue weighted by Gasteiger charge is -2.32. The summed E-state index contributed by atoms with van der Waals surface area (Å²) in [6, 6.07) is 14.2. The third-order valence-electron chi connectivity index (χ3n) is 5.28. The summed E-state index contributed by atoms with van der Waals surface area (Å²) >= 11 is 0. The van der Waals surface area contributed by atoms with Gasteiger partial charge in [-0.25, -0.2) is 4.79 Å². The Kier molecular flexibility index (Phi) is 5.56. The Morgan fingerprint density at radius 3 is 2.70 bits per heavy atom. The second-order valence-electron chi connectivity index (χ2n) is 7.53. The molecule has 2 aliphatic rings. The maximum atomic E-state index is 12.8. The minimum absolute atomic E-state index is 0.149. The SMILES string of the molecule is C[C@@H]1Oc2ccc(NC(=O)[C@@H]3CCCN(C(=O)Nc4ccccc4)C3)cc2NC1=O. The van der Waals surface area contributed by atoms with E-state index in [1.54, 1.807) is 30.0 Å². The average molecular weight is 408 g/mol. The van der Waals surface area contributed by atoms with Gasteiger partial charge in [0.05, 0.1) is 11.6 Å². The summed E-state index contributed by atoms with van der Waals surface area (Å²) in [5.74, 6) is -0.106. The van der Waals surface area contributed by atoms with Crippen molar-refractivity contribution in [1.29, 1.82) is 0 Å². The minimum atomic E-state index is -0.548. The number of likely N-dealkylation sites (tertiary alicyclic amines) is 1. The van der Waals surface area contributed by atoms with Crippen LogP contribution in [0.4, 0.5) is 21.9 Å². The van der Waals surface area contributed by atoms with E-state index in [1.165, 1.54) is 0 Å². The second kappa shape index (κ2) is 8.44. The number of hydrogen-bond acceptors (Lipinski definition) is 4. The number of carbonyl (C=O) groups is 3. The molecule has 0 bridgehead atoms. The number of ether oxygens (including phenoxy) is 1. The van der Waals surface area contributed by atoms with Crippen molar-refractivity contribution in [2.75, 3.05) is 29.0 Å². The van der Waals surface area contributed by atoms with Crippen LogP contribution in [0, 0.1) is 5.92 Å². The first-order valence-corrected chi connectivity index (χ1v) is 10.0. The van der Waals surface area contributed by atoms with Crippen LogP contribution in [0.3, 0.4) is 0 Å². The fraction of sp³-hybridized carbons (Fsp3) is 0.318. The van der Waals surface area contributed by atoms with E-state index in [1.807, 2.05) is 30.3 Å². The number of anilines is 3. The highest BCUT2D eigenvalue weighted by Gasteiger charge is 2.29. The first-order valence-electron chi connectivity index (χ1n) is 10.0. The van der Waals surface area contributed by atoms with Gasteiger partial charge >= 0.3 is 6.03 Å². The minimum Gasteiger partial charge on any atom is -0.479 e. The van der Waals surface area contributed by atoms with Gasteiger partial charge in [-0.15, -0.1) is 0 Å². The molecule has 2 aromatic rings. The van der Waals surface area contributed by atoms with Crippen molar-refractivity contribution in [3.8, 4) is 5.75 Å². The van der Waals surface area contributed by atoms with Gasteiger partial charge in [0.1, 0.15) is 5.75 Å². The normalized spacial score (nSPS) is 20.4. The van der Waals surface area contributed by atoms with Gasteiger partial charge in [0.25, 0.3) is 5.91 Å². The summed E-state index contributed by atoms with van der Waals surface area (Å²) in [5.41, 5.74) is 1.83. The molecule has 2 aliphatic heterocycles. The predicted octanol–water partition coefficient (Wildman–Crippen LogP) is 3.29. The number of fused-ring (bicyclic) bond motifs is 1. The summed E-state index contributed by atoms with van der Waals surface area (Å²) in [6.45, 7) is 2.65. The summed E-state index contributed by atoms with van der Waals surface area (Å²) in [6.07, 6.45) is 0.920. The van der Waals surface area contributed by atoms with Crippen LogP contribution in [0.25, 0.3) is 0 Å². The number of benzene rings is 2. The molecule has 2 heterocycles. The monoisotopic (exact) mass is 408 g/mol. The molecule has 2 atom stereocenters. The number of piperidine rings is 1. The zero-order valence-electron chi connectivity index (χ0n) is 16.7. The van der Waals surface area contributed by atoms with Gasteiger partial charge in [-0.2, -0.15) is 0 Å². The van der Waals surface area contributed by atoms with Crippen LogP contribution in [0.1, 0.15) is 19.8 Å². The van der Waals surface area contributed by atoms with E-state index in [0.29, 0.717) is 36.6 Å². The number of nitrogens with zero attached hydrogens (tertiary/aromatic N) is 1. The van der Waals surface area contributed by atoms with Crippen LogP contribution < -0.4 is 20.7 Å². The Bertz CT molecular complexity index is 963. The van der Waals surface area contributed by atoms with Crippen molar-refractivity contribution in [1.82, 2.24) is 4.90 Å². The fourth-order valence-electron chi connectivity index (χ4n) is 3.63. The maximum Gasteiger partial charge on any atom is 0.321 e. The summed E-state index contributed by atoms with van der Waals surface area (Å²) in [7, 11) is 0. The van der Waals surface area contributed by atoms with Crippen LogP contribution >= 0.6 is 0 Å². The molecule has 4 amide bonds. The Balaban J connectivity index is 1.37. The van der Waals surface area contributed by atoms with Gasteiger partial charge in [0, 0.05) is 24.5 Å². The van der Waals surface area contributed by atoms with Crippen molar-refractivity contribution in [3.05, 3.63) is 48.5 Å². The number of para-hydroxylation sites is 1. The molecule has 0 unspecified atom stereocenters. The number of rotatable bonds is 3. The predicted molar refractivity (Wildman–Crippen MR) is 114 cm³/mol. The quantitative estimate of drug-likeness (QED) is 0.726. The summed E-state index contributed by atoms with van der Waals surface area (Å²) in [5, 5.41) is 8.53. The highest BCUT2D eigenvalue weighted by molar-refractivity contribution is 5.99. The van der Waals surface area contributed by atoms with E-state index >= 15 is 0 Å². The van der Waals surface area contributed by atoms with Crippen LogP contribution in [0.5, 0.6) is 5.75 Å². The van der Waals surface area contributed by atoms with Crippen molar-refractivity contribution in [2.24, 2.45) is 5.92 Å². The number of amides is 4. The van der Waals surface area contributed by atoms with Crippen molar-refractivity contribution < 1.29 is 19.1 Å². The molecule has 1 saturated heterocycles. The topological polar surface area (TPSA) is 99.8 Å².